The van der Waals surface area contributed by atoms with Gasteiger partial charge in [-0.3, -0.25) is 0 Å². The molecule has 0 saturated heterocycles. The van der Waals surface area contributed by atoms with Gasteiger partial charge >= 0.3 is 0 Å². The van der Waals surface area contributed by atoms with E-state index in [2.05, 4.69) is 6.58 Å². The molecule has 44 valence electrons. The maximum Gasteiger partial charge on any atom is -0.0450 e. The Morgan fingerprint density at radius 1 is 1.62 bits per heavy atom. The molecule has 1 unspecified atom stereocenters. The van der Waals surface area contributed by atoms with Crippen molar-refractivity contribution in [2.24, 2.45) is 0 Å². The molecule has 0 aliphatic heterocycles. The monoisotopic (exact) mass is 110 g/mol. The molecule has 2 nitrogen and oxygen atoms in total. The molecule has 1 aliphatic carbocycles. The predicted octanol–water partition coefficient (Wildman–Crippen LogP) is -1.08. The molecule has 0 aromatic carbocycles. The van der Waals surface area contributed by atoms with Gasteiger partial charge in [0.1, 0.15) is 0 Å². The van der Waals surface area contributed by atoms with Gasteiger partial charge in [0.05, 0.1) is 0 Å². The maximum atomic E-state index is 10.5. The summed E-state index contributed by atoms with van der Waals surface area (Å²) in [6.07, 6.45) is -0.900. The highest BCUT2D eigenvalue weighted by Gasteiger charge is 2.12. The van der Waals surface area contributed by atoms with Crippen molar-refractivity contribution >= 4 is 0 Å². The lowest BCUT2D eigenvalue weighted by Crippen LogP contribution is -2.41. The minimum absolute atomic E-state index is 0.148. The Morgan fingerprint density at radius 2 is 2.12 bits per heavy atom. The van der Waals surface area contributed by atoms with Gasteiger partial charge in [-0.15, -0.1) is 5.76 Å². The van der Waals surface area contributed by atoms with E-state index in [1.165, 1.54) is 0 Å². The van der Waals surface area contributed by atoms with Crippen molar-refractivity contribution in [3.8, 4) is 0 Å². The van der Waals surface area contributed by atoms with Crippen LogP contribution in [0.3, 0.4) is 0 Å². The fourth-order valence-corrected chi connectivity index (χ4v) is 0.675. The average Bonchev–Trinajstić information content (AvgIpc) is 1.83. The molecule has 0 fully saturated rings. The lowest BCUT2D eigenvalue weighted by atomic mass is 9.89. The second-order valence-electron chi connectivity index (χ2n) is 1.92. The van der Waals surface area contributed by atoms with Gasteiger partial charge < -0.3 is 10.2 Å². The van der Waals surface area contributed by atoms with Crippen LogP contribution in [0.1, 0.15) is 6.92 Å². The zero-order valence-electron chi connectivity index (χ0n) is 4.60. The van der Waals surface area contributed by atoms with E-state index in [-0.39, 0.29) is 11.3 Å². The van der Waals surface area contributed by atoms with Crippen LogP contribution in [0, 0.1) is 0 Å². The van der Waals surface area contributed by atoms with Crippen LogP contribution in [-0.2, 0) is 0 Å². The van der Waals surface area contributed by atoms with E-state index in [4.69, 9.17) is 0 Å². The molecule has 0 radical (unpaired) electrons. The third-order valence-corrected chi connectivity index (χ3v) is 1.36. The van der Waals surface area contributed by atoms with E-state index in [9.17, 15) is 10.2 Å². The summed E-state index contributed by atoms with van der Waals surface area (Å²) in [7, 11) is 0. The van der Waals surface area contributed by atoms with Crippen LogP contribution < -0.4 is 10.2 Å². The zero-order valence-corrected chi connectivity index (χ0v) is 4.60. The van der Waals surface area contributed by atoms with Crippen molar-refractivity contribution in [3.05, 3.63) is 23.5 Å². The highest BCUT2D eigenvalue weighted by atomic mass is 16.3. The minimum Gasteiger partial charge on any atom is -0.872 e. The molecular weight excluding hydrogens is 104 g/mol. The van der Waals surface area contributed by atoms with E-state index in [0.717, 1.165) is 0 Å². The molecule has 0 amide bonds. The van der Waals surface area contributed by atoms with Crippen molar-refractivity contribution in [2.45, 2.75) is 13.0 Å². The summed E-state index contributed by atoms with van der Waals surface area (Å²) in [5.74, 6) is -0.148. The van der Waals surface area contributed by atoms with Gasteiger partial charge in [-0.25, -0.2) is 0 Å². The lowest BCUT2D eigenvalue weighted by molar-refractivity contribution is -0.414. The standard InChI is InChI=1S/C6H7O2/c1-3-5(7)4(2)6(3)8/h5,8H,1H2,2H3/q-1/p-1. The van der Waals surface area contributed by atoms with Crippen molar-refractivity contribution in [1.82, 2.24) is 0 Å². The SMILES string of the molecule is C=C1C([O-])=C(C)C1[O-]. The summed E-state index contributed by atoms with van der Waals surface area (Å²) < 4.78 is 0. The van der Waals surface area contributed by atoms with Crippen LogP contribution in [0.25, 0.3) is 0 Å². The molecule has 8 heavy (non-hydrogen) atoms. The molecule has 0 aromatic heterocycles. The Hall–Kier alpha value is -0.760. The van der Waals surface area contributed by atoms with E-state index in [0.29, 0.717) is 5.57 Å². The molecule has 2 heteroatoms. The Morgan fingerprint density at radius 3 is 2.25 bits per heavy atom. The summed E-state index contributed by atoms with van der Waals surface area (Å²) >= 11 is 0. The highest BCUT2D eigenvalue weighted by molar-refractivity contribution is 5.45. The van der Waals surface area contributed by atoms with Crippen molar-refractivity contribution in [1.29, 1.82) is 0 Å². The third-order valence-electron chi connectivity index (χ3n) is 1.36. The second-order valence-corrected chi connectivity index (χ2v) is 1.92. The topological polar surface area (TPSA) is 46.1 Å². The smallest absolute Gasteiger partial charge is 0.0450 e. The van der Waals surface area contributed by atoms with Crippen molar-refractivity contribution in [2.75, 3.05) is 0 Å². The normalized spacial score (nSPS) is 28.2. The van der Waals surface area contributed by atoms with Gasteiger partial charge in [0, 0.05) is 0 Å². The van der Waals surface area contributed by atoms with E-state index < -0.39 is 6.10 Å². The van der Waals surface area contributed by atoms with Crippen LogP contribution in [0.15, 0.2) is 23.5 Å². The van der Waals surface area contributed by atoms with E-state index in [1.807, 2.05) is 0 Å². The molecule has 0 aromatic rings. The Balaban J connectivity index is 2.90. The maximum absolute atomic E-state index is 10.5. The molecule has 0 spiro atoms. The fraction of sp³-hybridized carbons (Fsp3) is 0.333. The summed E-state index contributed by atoms with van der Waals surface area (Å²) in [6.45, 7) is 4.84. The van der Waals surface area contributed by atoms with E-state index >= 15 is 0 Å². The third kappa shape index (κ3) is 0.406. The van der Waals surface area contributed by atoms with Crippen molar-refractivity contribution in [3.63, 3.8) is 0 Å². The van der Waals surface area contributed by atoms with Gasteiger partial charge in [0.25, 0.3) is 0 Å². The van der Waals surface area contributed by atoms with Crippen LogP contribution in [0.5, 0.6) is 0 Å². The number of hydrogen-bond donors (Lipinski definition) is 0. The molecule has 1 atom stereocenters. The number of hydrogen-bond acceptors (Lipinski definition) is 2. The first-order valence-corrected chi connectivity index (χ1v) is 2.37. The largest absolute Gasteiger partial charge is 0.872 e. The van der Waals surface area contributed by atoms with E-state index in [1.54, 1.807) is 6.92 Å². The molecule has 0 bridgehead atoms. The molecule has 1 aliphatic rings. The van der Waals surface area contributed by atoms with Crippen LogP contribution in [0.2, 0.25) is 0 Å². The van der Waals surface area contributed by atoms with Crippen LogP contribution in [0.4, 0.5) is 0 Å². The predicted molar refractivity (Wildman–Crippen MR) is 25.6 cm³/mol. The van der Waals surface area contributed by atoms with Crippen LogP contribution in [-0.4, -0.2) is 6.10 Å². The summed E-state index contributed by atoms with van der Waals surface area (Å²) in [5.41, 5.74) is 0.609. The Kier molecular flexibility index (Phi) is 0.912. The average molecular weight is 110 g/mol. The first-order valence-electron chi connectivity index (χ1n) is 2.37. The highest BCUT2D eigenvalue weighted by Crippen LogP contribution is 2.25. The molecule has 0 heterocycles. The van der Waals surface area contributed by atoms with Gasteiger partial charge in [0.2, 0.25) is 0 Å². The van der Waals surface area contributed by atoms with Gasteiger partial charge in [-0.1, -0.05) is 23.8 Å². The summed E-state index contributed by atoms with van der Waals surface area (Å²) in [4.78, 5) is 0. The van der Waals surface area contributed by atoms with Crippen molar-refractivity contribution < 1.29 is 10.2 Å². The van der Waals surface area contributed by atoms with Gasteiger partial charge in [-0.05, 0) is 6.92 Å². The van der Waals surface area contributed by atoms with Crippen LogP contribution >= 0.6 is 0 Å². The molecular formula is C6H6O2-2. The molecule has 0 N–H and O–H groups in total. The number of rotatable bonds is 0. The summed E-state index contributed by atoms with van der Waals surface area (Å²) in [6, 6.07) is 0. The zero-order chi connectivity index (χ0) is 6.31. The fourth-order valence-electron chi connectivity index (χ4n) is 0.675. The molecule has 1 rings (SSSR count). The first kappa shape index (κ1) is 5.38. The van der Waals surface area contributed by atoms with Gasteiger partial charge in [0.15, 0.2) is 0 Å². The first-order chi connectivity index (χ1) is 3.64. The minimum atomic E-state index is -0.900. The Bertz CT molecular complexity index is 167. The quantitative estimate of drug-likeness (QED) is 0.398. The summed E-state index contributed by atoms with van der Waals surface area (Å²) in [5, 5.41) is 20.9. The Labute approximate surface area is 47.8 Å². The molecule has 0 saturated carbocycles. The van der Waals surface area contributed by atoms with Gasteiger partial charge in [-0.2, -0.15) is 0 Å². The lowest BCUT2D eigenvalue weighted by Gasteiger charge is -2.43. The second kappa shape index (κ2) is 1.36.